The SMILES string of the molecule is C[C@]12CCC3(C[C@@H]1CCCC[C@@H]2O)OCCO3. The Hall–Kier alpha value is -0.120. The zero-order valence-electron chi connectivity index (χ0n) is 10.8. The molecule has 3 rings (SSSR count). The number of hydrogen-bond acceptors (Lipinski definition) is 3. The molecule has 1 spiro atoms. The van der Waals surface area contributed by atoms with Crippen LogP contribution >= 0.6 is 0 Å². The van der Waals surface area contributed by atoms with E-state index in [4.69, 9.17) is 9.47 Å². The number of hydrogen-bond donors (Lipinski definition) is 1. The molecule has 3 aliphatic rings. The largest absolute Gasteiger partial charge is 0.393 e. The quantitative estimate of drug-likeness (QED) is 0.707. The number of fused-ring (bicyclic) bond motifs is 1. The fraction of sp³-hybridized carbons (Fsp3) is 1.00. The summed E-state index contributed by atoms with van der Waals surface area (Å²) in [5.74, 6) is 0.265. The van der Waals surface area contributed by atoms with E-state index in [2.05, 4.69) is 6.92 Å². The summed E-state index contributed by atoms with van der Waals surface area (Å²) in [5, 5.41) is 10.4. The molecule has 0 aromatic heterocycles. The average Bonchev–Trinajstić information content (AvgIpc) is 2.72. The molecule has 2 aliphatic carbocycles. The van der Waals surface area contributed by atoms with Gasteiger partial charge in [0.2, 0.25) is 0 Å². The number of rotatable bonds is 0. The average molecular weight is 240 g/mol. The molecule has 1 saturated heterocycles. The van der Waals surface area contributed by atoms with Crippen LogP contribution in [0.2, 0.25) is 0 Å². The second-order valence-corrected chi connectivity index (χ2v) is 6.31. The van der Waals surface area contributed by atoms with Gasteiger partial charge in [0, 0.05) is 12.8 Å². The van der Waals surface area contributed by atoms with Crippen LogP contribution in [0.4, 0.5) is 0 Å². The molecule has 3 nitrogen and oxygen atoms in total. The van der Waals surface area contributed by atoms with Gasteiger partial charge in [0.05, 0.1) is 19.3 Å². The lowest BCUT2D eigenvalue weighted by Crippen LogP contribution is -2.49. The summed E-state index contributed by atoms with van der Waals surface area (Å²) in [6.45, 7) is 3.76. The maximum Gasteiger partial charge on any atom is 0.168 e. The summed E-state index contributed by atoms with van der Waals surface area (Å²) in [6, 6.07) is 0. The van der Waals surface area contributed by atoms with Gasteiger partial charge in [-0.15, -0.1) is 0 Å². The van der Waals surface area contributed by atoms with Gasteiger partial charge >= 0.3 is 0 Å². The Kier molecular flexibility index (Phi) is 2.96. The first-order valence-corrected chi connectivity index (χ1v) is 7.11. The second-order valence-electron chi connectivity index (χ2n) is 6.31. The standard InChI is InChI=1S/C14H24O3/c1-13-6-7-14(16-8-9-17-14)10-11(13)4-2-3-5-12(13)15/h11-12,15H,2-10H2,1H3/t11-,12-,13-/m0/s1. The predicted molar refractivity (Wildman–Crippen MR) is 64.6 cm³/mol. The van der Waals surface area contributed by atoms with Crippen molar-refractivity contribution in [3.8, 4) is 0 Å². The molecule has 98 valence electrons. The van der Waals surface area contributed by atoms with Crippen molar-refractivity contribution in [2.45, 2.75) is 63.8 Å². The third-order valence-corrected chi connectivity index (χ3v) is 5.39. The lowest BCUT2D eigenvalue weighted by atomic mass is 9.62. The highest BCUT2D eigenvalue weighted by atomic mass is 16.7. The zero-order chi connectivity index (χ0) is 11.9. The summed E-state index contributed by atoms with van der Waals surface area (Å²) in [6.07, 6.45) is 7.46. The van der Waals surface area contributed by atoms with Crippen molar-refractivity contribution in [2.24, 2.45) is 11.3 Å². The topological polar surface area (TPSA) is 38.7 Å². The van der Waals surface area contributed by atoms with E-state index in [0.717, 1.165) is 38.9 Å². The minimum absolute atomic E-state index is 0.0943. The van der Waals surface area contributed by atoms with E-state index < -0.39 is 0 Å². The molecule has 0 aromatic rings. The zero-order valence-corrected chi connectivity index (χ0v) is 10.8. The Bertz CT molecular complexity index is 285. The van der Waals surface area contributed by atoms with Crippen molar-refractivity contribution in [3.63, 3.8) is 0 Å². The van der Waals surface area contributed by atoms with Crippen molar-refractivity contribution >= 4 is 0 Å². The van der Waals surface area contributed by atoms with Crippen LogP contribution in [-0.2, 0) is 9.47 Å². The Morgan fingerprint density at radius 2 is 1.76 bits per heavy atom. The van der Waals surface area contributed by atoms with Crippen molar-refractivity contribution in [3.05, 3.63) is 0 Å². The van der Waals surface area contributed by atoms with E-state index in [-0.39, 0.29) is 17.3 Å². The number of aliphatic hydroxyl groups is 1. The first kappa shape index (κ1) is 11.9. The molecule has 1 N–H and O–H groups in total. The molecule has 0 bridgehead atoms. The van der Waals surface area contributed by atoms with Crippen LogP contribution in [0.3, 0.4) is 0 Å². The van der Waals surface area contributed by atoms with Crippen LogP contribution in [0, 0.1) is 11.3 Å². The summed E-state index contributed by atoms with van der Waals surface area (Å²) in [5.41, 5.74) is 0.0943. The Morgan fingerprint density at radius 3 is 2.53 bits per heavy atom. The van der Waals surface area contributed by atoms with Gasteiger partial charge in [-0.3, -0.25) is 0 Å². The molecule has 0 amide bonds. The highest BCUT2D eigenvalue weighted by Crippen LogP contribution is 2.53. The van der Waals surface area contributed by atoms with E-state index in [9.17, 15) is 5.11 Å². The lowest BCUT2D eigenvalue weighted by molar-refractivity contribution is -0.216. The van der Waals surface area contributed by atoms with Gasteiger partial charge in [-0.25, -0.2) is 0 Å². The van der Waals surface area contributed by atoms with Crippen molar-refractivity contribution in [1.29, 1.82) is 0 Å². The minimum atomic E-state index is -0.297. The van der Waals surface area contributed by atoms with Crippen LogP contribution in [0.1, 0.15) is 51.9 Å². The van der Waals surface area contributed by atoms with Crippen LogP contribution < -0.4 is 0 Å². The van der Waals surface area contributed by atoms with E-state index >= 15 is 0 Å². The van der Waals surface area contributed by atoms with Gasteiger partial charge in [-0.1, -0.05) is 19.8 Å². The summed E-state index contributed by atoms with van der Waals surface area (Å²) in [4.78, 5) is 0. The van der Waals surface area contributed by atoms with Gasteiger partial charge in [0.15, 0.2) is 5.79 Å². The maximum atomic E-state index is 10.4. The minimum Gasteiger partial charge on any atom is -0.393 e. The molecule has 3 heteroatoms. The summed E-state index contributed by atoms with van der Waals surface area (Å²) in [7, 11) is 0. The van der Waals surface area contributed by atoms with E-state index in [1.54, 1.807) is 0 Å². The van der Waals surface area contributed by atoms with Crippen LogP contribution in [0.25, 0.3) is 0 Å². The molecule has 3 fully saturated rings. The highest BCUT2D eigenvalue weighted by molar-refractivity contribution is 4.99. The first-order chi connectivity index (χ1) is 8.15. The second kappa shape index (κ2) is 4.22. The van der Waals surface area contributed by atoms with Crippen molar-refractivity contribution in [2.75, 3.05) is 13.2 Å². The van der Waals surface area contributed by atoms with Gasteiger partial charge < -0.3 is 14.6 Å². The van der Waals surface area contributed by atoms with Gasteiger partial charge in [0.25, 0.3) is 0 Å². The van der Waals surface area contributed by atoms with E-state index in [1.165, 1.54) is 19.3 Å². The molecule has 17 heavy (non-hydrogen) atoms. The molecule has 2 saturated carbocycles. The highest BCUT2D eigenvalue weighted by Gasteiger charge is 2.52. The third-order valence-electron chi connectivity index (χ3n) is 5.39. The molecule has 0 aromatic carbocycles. The van der Waals surface area contributed by atoms with Crippen LogP contribution in [0.5, 0.6) is 0 Å². The number of aliphatic hydroxyl groups excluding tert-OH is 1. The fourth-order valence-electron chi connectivity index (χ4n) is 4.06. The lowest BCUT2D eigenvalue weighted by Gasteiger charge is -2.49. The Morgan fingerprint density at radius 1 is 1.06 bits per heavy atom. The molecule has 3 atom stereocenters. The summed E-state index contributed by atoms with van der Waals surface area (Å²) < 4.78 is 11.7. The Labute approximate surface area is 103 Å². The first-order valence-electron chi connectivity index (χ1n) is 7.11. The van der Waals surface area contributed by atoms with Crippen molar-refractivity contribution in [1.82, 2.24) is 0 Å². The van der Waals surface area contributed by atoms with Gasteiger partial charge in [-0.05, 0) is 30.6 Å². The van der Waals surface area contributed by atoms with E-state index in [1.807, 2.05) is 0 Å². The van der Waals surface area contributed by atoms with Crippen LogP contribution in [0.15, 0.2) is 0 Å². The maximum absolute atomic E-state index is 10.4. The van der Waals surface area contributed by atoms with E-state index in [0.29, 0.717) is 5.92 Å². The van der Waals surface area contributed by atoms with Crippen molar-refractivity contribution < 1.29 is 14.6 Å². The molecular weight excluding hydrogens is 216 g/mol. The molecule has 0 unspecified atom stereocenters. The fourth-order valence-corrected chi connectivity index (χ4v) is 4.06. The molecule has 1 aliphatic heterocycles. The van der Waals surface area contributed by atoms with Gasteiger partial charge in [-0.2, -0.15) is 0 Å². The van der Waals surface area contributed by atoms with Gasteiger partial charge in [0.1, 0.15) is 0 Å². The molecule has 1 heterocycles. The molecule has 0 radical (unpaired) electrons. The molecular formula is C14H24O3. The smallest absolute Gasteiger partial charge is 0.168 e. The monoisotopic (exact) mass is 240 g/mol. The summed E-state index contributed by atoms with van der Waals surface area (Å²) >= 11 is 0. The number of ether oxygens (including phenoxy) is 2. The van der Waals surface area contributed by atoms with Crippen LogP contribution in [-0.4, -0.2) is 30.2 Å². The predicted octanol–water partition coefficient (Wildman–Crippen LogP) is 2.47. The Balaban J connectivity index is 1.81. The normalized spacial score (nSPS) is 45.5. The third kappa shape index (κ3) is 1.92.